The Balaban J connectivity index is 3.33. The highest BCUT2D eigenvalue weighted by molar-refractivity contribution is 5.91. The van der Waals surface area contributed by atoms with Gasteiger partial charge in [-0.05, 0) is 11.6 Å². The molecule has 27 heavy (non-hydrogen) atoms. The molecule has 1 atom stereocenters. The molecule has 1 unspecified atom stereocenters. The van der Waals surface area contributed by atoms with E-state index in [0.29, 0.717) is 0 Å². The van der Waals surface area contributed by atoms with Crippen LogP contribution in [0.2, 0.25) is 0 Å². The van der Waals surface area contributed by atoms with E-state index >= 15 is 0 Å². The van der Waals surface area contributed by atoms with Gasteiger partial charge in [0.1, 0.15) is 0 Å². The lowest BCUT2D eigenvalue weighted by Gasteiger charge is -2.35. The third-order valence-electron chi connectivity index (χ3n) is 3.65. The SMILES string of the molecule is COC(=O)c1ccccc1C(CC(F)(F)C(F)(F)C(F)(F)C(F)(F)F)OC. The summed E-state index contributed by atoms with van der Waals surface area (Å²) >= 11 is 0. The fraction of sp³-hybridized carbons (Fsp3) is 0.533. The van der Waals surface area contributed by atoms with Crippen molar-refractivity contribution in [3.8, 4) is 0 Å². The number of hydrogen-bond acceptors (Lipinski definition) is 3. The van der Waals surface area contributed by atoms with Crippen molar-refractivity contribution >= 4 is 5.97 Å². The molecule has 12 heteroatoms. The molecule has 0 saturated carbocycles. The Bertz CT molecular complexity index is 671. The van der Waals surface area contributed by atoms with Gasteiger partial charge in [-0.2, -0.15) is 39.5 Å². The maximum absolute atomic E-state index is 13.8. The summed E-state index contributed by atoms with van der Waals surface area (Å²) < 4.78 is 126. The summed E-state index contributed by atoms with van der Waals surface area (Å²) in [7, 11) is 1.66. The molecule has 154 valence electrons. The van der Waals surface area contributed by atoms with Crippen LogP contribution in [-0.2, 0) is 9.47 Å². The first kappa shape index (κ1) is 23.1. The Hall–Kier alpha value is -1.98. The molecule has 0 heterocycles. The van der Waals surface area contributed by atoms with E-state index in [4.69, 9.17) is 0 Å². The van der Waals surface area contributed by atoms with E-state index in [1.165, 1.54) is 12.1 Å². The van der Waals surface area contributed by atoms with Crippen LogP contribution in [0.4, 0.5) is 39.5 Å². The minimum Gasteiger partial charge on any atom is -0.465 e. The van der Waals surface area contributed by atoms with Crippen molar-refractivity contribution in [2.45, 2.75) is 36.5 Å². The molecule has 0 amide bonds. The molecule has 3 nitrogen and oxygen atoms in total. The molecule has 0 radical (unpaired) electrons. The van der Waals surface area contributed by atoms with Gasteiger partial charge in [0.2, 0.25) is 0 Å². The highest BCUT2D eigenvalue weighted by Crippen LogP contribution is 2.55. The lowest BCUT2D eigenvalue weighted by atomic mass is 9.93. The summed E-state index contributed by atoms with van der Waals surface area (Å²) in [5.41, 5.74) is -0.855. The van der Waals surface area contributed by atoms with Gasteiger partial charge in [-0.3, -0.25) is 0 Å². The second-order valence-electron chi connectivity index (χ2n) is 5.36. The molecule has 0 spiro atoms. The molecule has 1 rings (SSSR count). The van der Waals surface area contributed by atoms with Crippen LogP contribution < -0.4 is 0 Å². The molecule has 0 aromatic heterocycles. The normalized spacial score (nSPS) is 14.8. The molecule has 0 aliphatic carbocycles. The topological polar surface area (TPSA) is 35.5 Å². The number of halogens is 9. The molecule has 1 aromatic rings. The molecular formula is C15H13F9O3. The van der Waals surface area contributed by atoms with Crippen LogP contribution in [0, 0.1) is 0 Å². The minimum absolute atomic E-state index is 0.409. The Morgan fingerprint density at radius 1 is 0.926 bits per heavy atom. The van der Waals surface area contributed by atoms with Crippen molar-refractivity contribution in [3.05, 3.63) is 35.4 Å². The number of ether oxygens (including phenoxy) is 2. The van der Waals surface area contributed by atoms with Crippen molar-refractivity contribution in [1.82, 2.24) is 0 Å². The number of carbonyl (C=O) groups is 1. The van der Waals surface area contributed by atoms with Gasteiger partial charge in [0.15, 0.2) is 0 Å². The Labute approximate surface area is 147 Å². The summed E-state index contributed by atoms with van der Waals surface area (Å²) in [6.45, 7) is 0. The number of rotatable bonds is 7. The third-order valence-corrected chi connectivity index (χ3v) is 3.65. The van der Waals surface area contributed by atoms with Gasteiger partial charge in [-0.1, -0.05) is 18.2 Å². The fourth-order valence-corrected chi connectivity index (χ4v) is 2.16. The highest BCUT2D eigenvalue weighted by Gasteiger charge is 2.81. The van der Waals surface area contributed by atoms with E-state index < -0.39 is 53.6 Å². The molecule has 0 N–H and O–H groups in total. The summed E-state index contributed by atoms with van der Waals surface area (Å²) in [5, 5.41) is 0. The summed E-state index contributed by atoms with van der Waals surface area (Å²) in [6, 6.07) is 4.48. The number of benzene rings is 1. The first-order valence-corrected chi connectivity index (χ1v) is 7.04. The van der Waals surface area contributed by atoms with Crippen molar-refractivity contribution in [2.75, 3.05) is 14.2 Å². The largest absolute Gasteiger partial charge is 0.465 e. The van der Waals surface area contributed by atoms with Crippen molar-refractivity contribution in [1.29, 1.82) is 0 Å². The molecule has 0 aliphatic rings. The number of hydrogen-bond donors (Lipinski definition) is 0. The van der Waals surface area contributed by atoms with Gasteiger partial charge < -0.3 is 9.47 Å². The fourth-order valence-electron chi connectivity index (χ4n) is 2.16. The number of esters is 1. The van der Waals surface area contributed by atoms with E-state index in [0.717, 1.165) is 26.4 Å². The second-order valence-corrected chi connectivity index (χ2v) is 5.36. The maximum atomic E-state index is 13.8. The highest BCUT2D eigenvalue weighted by atomic mass is 19.4. The molecular weight excluding hydrogens is 399 g/mol. The third kappa shape index (κ3) is 4.14. The van der Waals surface area contributed by atoms with Crippen LogP contribution in [0.3, 0.4) is 0 Å². The minimum atomic E-state index is -7.00. The van der Waals surface area contributed by atoms with Gasteiger partial charge in [0, 0.05) is 13.5 Å². The molecule has 0 aliphatic heterocycles. The van der Waals surface area contributed by atoms with E-state index in [-0.39, 0.29) is 0 Å². The summed E-state index contributed by atoms with van der Waals surface area (Å²) in [4.78, 5) is 11.6. The quantitative estimate of drug-likeness (QED) is 0.466. The first-order chi connectivity index (χ1) is 12.1. The summed E-state index contributed by atoms with van der Waals surface area (Å²) in [5.74, 6) is -20.7. The summed E-state index contributed by atoms with van der Waals surface area (Å²) in [6.07, 6.45) is -11.3. The van der Waals surface area contributed by atoms with Crippen LogP contribution in [0.25, 0.3) is 0 Å². The average Bonchev–Trinajstić information content (AvgIpc) is 2.57. The zero-order valence-electron chi connectivity index (χ0n) is 13.7. The predicted octanol–water partition coefficient (Wildman–Crippen LogP) is 5.02. The standard InChI is InChI=1S/C15H13F9O3/c1-26-10(8-5-3-4-6-9(8)11(25)27-2)7-12(16,17)13(18,19)14(20,21)15(22,23)24/h3-6,10H,7H2,1-2H3. The maximum Gasteiger partial charge on any atom is 0.460 e. The number of methoxy groups -OCH3 is 2. The zero-order valence-corrected chi connectivity index (χ0v) is 13.7. The Morgan fingerprint density at radius 3 is 1.89 bits per heavy atom. The van der Waals surface area contributed by atoms with Gasteiger partial charge >= 0.3 is 29.9 Å². The predicted molar refractivity (Wildman–Crippen MR) is 73.0 cm³/mol. The van der Waals surface area contributed by atoms with E-state index in [2.05, 4.69) is 9.47 Å². The molecule has 0 bridgehead atoms. The average molecular weight is 412 g/mol. The van der Waals surface area contributed by atoms with Gasteiger partial charge in [-0.15, -0.1) is 0 Å². The Morgan fingerprint density at radius 2 is 1.44 bits per heavy atom. The van der Waals surface area contributed by atoms with Crippen molar-refractivity contribution < 1.29 is 53.8 Å². The van der Waals surface area contributed by atoms with Gasteiger partial charge in [0.05, 0.1) is 18.8 Å². The molecule has 1 aromatic carbocycles. The molecule has 0 saturated heterocycles. The number of alkyl halides is 9. The Kier molecular flexibility index (Phi) is 6.46. The zero-order chi connectivity index (χ0) is 21.3. The van der Waals surface area contributed by atoms with Crippen molar-refractivity contribution in [2.24, 2.45) is 0 Å². The molecule has 0 fully saturated rings. The van der Waals surface area contributed by atoms with Crippen molar-refractivity contribution in [3.63, 3.8) is 0 Å². The lowest BCUT2D eigenvalue weighted by molar-refractivity contribution is -0.398. The monoisotopic (exact) mass is 412 g/mol. The van der Waals surface area contributed by atoms with Gasteiger partial charge in [0.25, 0.3) is 0 Å². The van der Waals surface area contributed by atoms with Crippen LogP contribution in [-0.4, -0.2) is 44.1 Å². The van der Waals surface area contributed by atoms with Crippen LogP contribution in [0.5, 0.6) is 0 Å². The first-order valence-electron chi connectivity index (χ1n) is 7.04. The van der Waals surface area contributed by atoms with Gasteiger partial charge in [-0.25, -0.2) is 4.79 Å². The van der Waals surface area contributed by atoms with E-state index in [1.54, 1.807) is 0 Å². The van der Waals surface area contributed by atoms with E-state index in [1.807, 2.05) is 0 Å². The van der Waals surface area contributed by atoms with Crippen LogP contribution >= 0.6 is 0 Å². The van der Waals surface area contributed by atoms with E-state index in [9.17, 15) is 44.3 Å². The van der Waals surface area contributed by atoms with Crippen LogP contribution in [0.1, 0.15) is 28.4 Å². The van der Waals surface area contributed by atoms with Crippen LogP contribution in [0.15, 0.2) is 24.3 Å². The lowest BCUT2D eigenvalue weighted by Crippen LogP contribution is -2.61. The number of carbonyl (C=O) groups excluding carboxylic acids is 1. The smallest absolute Gasteiger partial charge is 0.460 e. The second kappa shape index (κ2) is 7.56.